The zero-order valence-electron chi connectivity index (χ0n) is 10.6. The van der Waals surface area contributed by atoms with E-state index in [0.717, 1.165) is 12.1 Å². The summed E-state index contributed by atoms with van der Waals surface area (Å²) < 4.78 is 41.1. The molecule has 0 aliphatic rings. The number of benzene rings is 1. The maximum atomic E-state index is 13.6. The van der Waals surface area contributed by atoms with Gasteiger partial charge in [-0.1, -0.05) is 0 Å². The van der Waals surface area contributed by atoms with Crippen molar-refractivity contribution in [3.05, 3.63) is 52.1 Å². The summed E-state index contributed by atoms with van der Waals surface area (Å²) in [6.45, 7) is 3.24. The van der Waals surface area contributed by atoms with Gasteiger partial charge in [0.1, 0.15) is 0 Å². The quantitative estimate of drug-likeness (QED) is 0.620. The molecule has 2 aromatic rings. The lowest BCUT2D eigenvalue weighted by atomic mass is 10.0. The first kappa shape index (κ1) is 13.3. The molecule has 0 unspecified atom stereocenters. The van der Waals surface area contributed by atoms with Gasteiger partial charge in [0.05, 0.1) is 16.8 Å². The van der Waals surface area contributed by atoms with Crippen molar-refractivity contribution in [1.82, 2.24) is 9.78 Å². The van der Waals surface area contributed by atoms with E-state index in [4.69, 9.17) is 0 Å². The first-order valence-corrected chi connectivity index (χ1v) is 5.53. The van der Waals surface area contributed by atoms with Crippen LogP contribution in [0.2, 0.25) is 0 Å². The summed E-state index contributed by atoms with van der Waals surface area (Å²) >= 11 is 0. The number of nitrogens with zero attached hydrogens (tertiary/aromatic N) is 2. The normalized spacial score (nSPS) is 10.8. The predicted molar refractivity (Wildman–Crippen MR) is 62.4 cm³/mol. The fraction of sp³-hybridized carbons (Fsp3) is 0.231. The highest BCUT2D eigenvalue weighted by atomic mass is 19.2. The highest BCUT2D eigenvalue weighted by Crippen LogP contribution is 2.21. The van der Waals surface area contributed by atoms with Crippen molar-refractivity contribution in [3.63, 3.8) is 0 Å². The standard InChI is InChI=1S/C13H11F3N2O/c1-6-10(7(2)18(3)17-6)13(19)8-4-5-9(14)12(16)11(8)15/h4-5H,1-3H3. The Morgan fingerprint density at radius 1 is 1.16 bits per heavy atom. The molecule has 1 aromatic carbocycles. The van der Waals surface area contributed by atoms with Gasteiger partial charge < -0.3 is 0 Å². The van der Waals surface area contributed by atoms with Crippen molar-refractivity contribution in [1.29, 1.82) is 0 Å². The summed E-state index contributed by atoms with van der Waals surface area (Å²) in [5.74, 6) is -5.16. The number of rotatable bonds is 2. The largest absolute Gasteiger partial charge is 0.288 e. The number of hydrogen-bond donors (Lipinski definition) is 0. The summed E-state index contributed by atoms with van der Waals surface area (Å²) in [4.78, 5) is 12.2. The Hall–Kier alpha value is -2.11. The molecular weight excluding hydrogens is 257 g/mol. The van der Waals surface area contributed by atoms with Gasteiger partial charge in [-0.25, -0.2) is 13.2 Å². The van der Waals surface area contributed by atoms with Gasteiger partial charge >= 0.3 is 0 Å². The molecule has 1 heterocycles. The summed E-state index contributed by atoms with van der Waals surface area (Å²) in [5, 5.41) is 4.03. The number of halogens is 3. The predicted octanol–water partition coefficient (Wildman–Crippen LogP) is 2.69. The van der Waals surface area contributed by atoms with Gasteiger partial charge in [-0.3, -0.25) is 9.48 Å². The second kappa shape index (κ2) is 4.53. The smallest absolute Gasteiger partial charge is 0.199 e. The minimum absolute atomic E-state index is 0.201. The molecule has 100 valence electrons. The minimum Gasteiger partial charge on any atom is -0.288 e. The van der Waals surface area contributed by atoms with Crippen LogP contribution in [0.15, 0.2) is 12.1 Å². The van der Waals surface area contributed by atoms with Crippen molar-refractivity contribution >= 4 is 5.78 Å². The first-order chi connectivity index (χ1) is 8.84. The van der Waals surface area contributed by atoms with E-state index in [1.54, 1.807) is 20.9 Å². The van der Waals surface area contributed by atoms with Gasteiger partial charge in [0.2, 0.25) is 0 Å². The monoisotopic (exact) mass is 268 g/mol. The van der Waals surface area contributed by atoms with E-state index in [-0.39, 0.29) is 5.56 Å². The molecule has 0 saturated carbocycles. The molecule has 0 fully saturated rings. The molecular formula is C13H11F3N2O. The van der Waals surface area contributed by atoms with E-state index < -0.39 is 28.8 Å². The lowest BCUT2D eigenvalue weighted by Gasteiger charge is -2.04. The van der Waals surface area contributed by atoms with Crippen LogP contribution in [-0.4, -0.2) is 15.6 Å². The Balaban J connectivity index is 2.60. The third-order valence-corrected chi connectivity index (χ3v) is 3.02. The van der Waals surface area contributed by atoms with Gasteiger partial charge in [-0.2, -0.15) is 5.10 Å². The van der Waals surface area contributed by atoms with Crippen LogP contribution in [0.1, 0.15) is 27.3 Å². The molecule has 0 saturated heterocycles. The molecule has 0 spiro atoms. The SMILES string of the molecule is Cc1nn(C)c(C)c1C(=O)c1ccc(F)c(F)c1F. The van der Waals surface area contributed by atoms with Crippen LogP contribution >= 0.6 is 0 Å². The third kappa shape index (κ3) is 2.03. The van der Waals surface area contributed by atoms with Crippen LogP contribution in [0, 0.1) is 31.3 Å². The molecule has 3 nitrogen and oxygen atoms in total. The van der Waals surface area contributed by atoms with Crippen LogP contribution in [-0.2, 0) is 7.05 Å². The Bertz CT molecular complexity index is 677. The zero-order chi connectivity index (χ0) is 14.3. The Kier molecular flexibility index (Phi) is 3.18. The highest BCUT2D eigenvalue weighted by molar-refractivity contribution is 6.10. The number of carbonyl (C=O) groups is 1. The fourth-order valence-electron chi connectivity index (χ4n) is 1.94. The molecule has 6 heteroatoms. The zero-order valence-corrected chi connectivity index (χ0v) is 10.6. The van der Waals surface area contributed by atoms with Crippen molar-refractivity contribution in [2.45, 2.75) is 13.8 Å². The third-order valence-electron chi connectivity index (χ3n) is 3.02. The molecule has 0 aliphatic heterocycles. The summed E-state index contributed by atoms with van der Waals surface area (Å²) in [5.41, 5.74) is 0.645. The van der Waals surface area contributed by atoms with Crippen molar-refractivity contribution in [2.24, 2.45) is 7.05 Å². The minimum atomic E-state index is -1.65. The van der Waals surface area contributed by atoms with Gasteiger partial charge in [0.15, 0.2) is 23.2 Å². The molecule has 2 rings (SSSR count). The second-order valence-electron chi connectivity index (χ2n) is 4.22. The van der Waals surface area contributed by atoms with Crippen LogP contribution in [0.3, 0.4) is 0 Å². The average molecular weight is 268 g/mol. The summed E-state index contributed by atoms with van der Waals surface area (Å²) in [6, 6.07) is 1.66. The van der Waals surface area contributed by atoms with E-state index in [0.29, 0.717) is 11.4 Å². The van der Waals surface area contributed by atoms with Gasteiger partial charge in [-0.15, -0.1) is 0 Å². The molecule has 0 amide bonds. The first-order valence-electron chi connectivity index (χ1n) is 5.53. The number of aryl methyl sites for hydroxylation is 2. The molecule has 0 N–H and O–H groups in total. The highest BCUT2D eigenvalue weighted by Gasteiger charge is 2.24. The number of hydrogen-bond acceptors (Lipinski definition) is 2. The maximum absolute atomic E-state index is 13.6. The lowest BCUT2D eigenvalue weighted by Crippen LogP contribution is -2.09. The average Bonchev–Trinajstić information content (AvgIpc) is 2.60. The Morgan fingerprint density at radius 3 is 2.32 bits per heavy atom. The van der Waals surface area contributed by atoms with Crippen molar-refractivity contribution < 1.29 is 18.0 Å². The Labute approximate surface area is 107 Å². The molecule has 1 aromatic heterocycles. The van der Waals surface area contributed by atoms with Gasteiger partial charge in [0.25, 0.3) is 0 Å². The van der Waals surface area contributed by atoms with Gasteiger partial charge in [-0.05, 0) is 26.0 Å². The van der Waals surface area contributed by atoms with Crippen LogP contribution in [0.5, 0.6) is 0 Å². The topological polar surface area (TPSA) is 34.9 Å². The second-order valence-corrected chi connectivity index (χ2v) is 4.22. The van der Waals surface area contributed by atoms with Crippen LogP contribution in [0.25, 0.3) is 0 Å². The van der Waals surface area contributed by atoms with Crippen molar-refractivity contribution in [3.8, 4) is 0 Å². The molecule has 19 heavy (non-hydrogen) atoms. The van der Waals surface area contributed by atoms with Crippen LogP contribution in [0.4, 0.5) is 13.2 Å². The summed E-state index contributed by atoms with van der Waals surface area (Å²) in [6.07, 6.45) is 0. The molecule has 0 atom stereocenters. The Morgan fingerprint density at radius 2 is 1.79 bits per heavy atom. The van der Waals surface area contributed by atoms with Gasteiger partial charge in [0, 0.05) is 12.7 Å². The van der Waals surface area contributed by atoms with E-state index in [1.165, 1.54) is 4.68 Å². The number of aromatic nitrogens is 2. The molecule has 0 bridgehead atoms. The van der Waals surface area contributed by atoms with E-state index in [9.17, 15) is 18.0 Å². The maximum Gasteiger partial charge on any atom is 0.199 e. The number of carbonyl (C=O) groups excluding carboxylic acids is 1. The molecule has 0 radical (unpaired) electrons. The number of ketones is 1. The van der Waals surface area contributed by atoms with E-state index >= 15 is 0 Å². The van der Waals surface area contributed by atoms with Crippen molar-refractivity contribution in [2.75, 3.05) is 0 Å². The fourth-order valence-corrected chi connectivity index (χ4v) is 1.94. The van der Waals surface area contributed by atoms with E-state index in [1.807, 2.05) is 0 Å². The lowest BCUT2D eigenvalue weighted by molar-refractivity contribution is 0.103. The molecule has 0 aliphatic carbocycles. The van der Waals surface area contributed by atoms with E-state index in [2.05, 4.69) is 5.10 Å². The summed E-state index contributed by atoms with van der Waals surface area (Å²) in [7, 11) is 1.64. The van der Waals surface area contributed by atoms with Crippen LogP contribution < -0.4 is 0 Å².